The summed E-state index contributed by atoms with van der Waals surface area (Å²) in [6, 6.07) is 0. The molecule has 0 atom stereocenters. The molecule has 0 unspecified atom stereocenters. The van der Waals surface area contributed by atoms with E-state index in [0.717, 1.165) is 5.76 Å². The third kappa shape index (κ3) is 2.40. The molecule has 2 aromatic heterocycles. The van der Waals surface area contributed by atoms with Gasteiger partial charge in [-0.1, -0.05) is 0 Å². The van der Waals surface area contributed by atoms with E-state index in [1.807, 2.05) is 6.92 Å². The first-order chi connectivity index (χ1) is 7.65. The summed E-state index contributed by atoms with van der Waals surface area (Å²) < 4.78 is 5.28. The predicted octanol–water partition coefficient (Wildman–Crippen LogP) is 1.62. The molecule has 0 amide bonds. The molecule has 0 bridgehead atoms. The molecule has 84 valence electrons. The average Bonchev–Trinajstić information content (AvgIpc) is 2.66. The molecule has 0 aliphatic rings. The Labute approximate surface area is 96.9 Å². The molecule has 0 aliphatic heterocycles. The van der Waals surface area contributed by atoms with E-state index >= 15 is 0 Å². The summed E-state index contributed by atoms with van der Waals surface area (Å²) in [5.41, 5.74) is 6.09. The largest absolute Gasteiger partial charge is 0.444 e. The Bertz CT molecular complexity index is 498. The van der Waals surface area contributed by atoms with Crippen molar-refractivity contribution in [3.8, 4) is 0 Å². The topological polar surface area (TPSA) is 89.9 Å². The van der Waals surface area contributed by atoms with Crippen molar-refractivity contribution in [2.24, 2.45) is 0 Å². The highest BCUT2D eigenvalue weighted by atomic mass is 35.5. The SMILES string of the molecule is Cc1cnc(CNc2nc(Cl)ncc2N)o1. The maximum Gasteiger partial charge on any atom is 0.224 e. The number of hydrogen-bond acceptors (Lipinski definition) is 6. The molecule has 6 nitrogen and oxygen atoms in total. The zero-order chi connectivity index (χ0) is 11.5. The average molecular weight is 240 g/mol. The van der Waals surface area contributed by atoms with Crippen LogP contribution in [0.25, 0.3) is 0 Å². The third-order valence-corrected chi connectivity index (χ3v) is 2.05. The van der Waals surface area contributed by atoms with E-state index in [4.69, 9.17) is 21.8 Å². The number of rotatable bonds is 3. The van der Waals surface area contributed by atoms with Crippen LogP contribution in [-0.2, 0) is 6.54 Å². The van der Waals surface area contributed by atoms with Gasteiger partial charge >= 0.3 is 0 Å². The molecule has 16 heavy (non-hydrogen) atoms. The maximum atomic E-state index is 5.66. The van der Waals surface area contributed by atoms with Crippen molar-refractivity contribution in [2.75, 3.05) is 11.1 Å². The van der Waals surface area contributed by atoms with Gasteiger partial charge in [0.1, 0.15) is 5.76 Å². The number of nitrogen functional groups attached to an aromatic ring is 1. The fourth-order valence-corrected chi connectivity index (χ4v) is 1.29. The van der Waals surface area contributed by atoms with Gasteiger partial charge in [0.15, 0.2) is 5.82 Å². The maximum absolute atomic E-state index is 5.66. The highest BCUT2D eigenvalue weighted by Crippen LogP contribution is 2.16. The van der Waals surface area contributed by atoms with E-state index in [2.05, 4.69) is 20.3 Å². The molecule has 2 aromatic rings. The van der Waals surface area contributed by atoms with Crippen molar-refractivity contribution >= 4 is 23.1 Å². The molecule has 2 rings (SSSR count). The van der Waals surface area contributed by atoms with Gasteiger partial charge < -0.3 is 15.5 Å². The minimum absolute atomic E-state index is 0.139. The van der Waals surface area contributed by atoms with Gasteiger partial charge in [-0.25, -0.2) is 9.97 Å². The van der Waals surface area contributed by atoms with Crippen LogP contribution in [0.15, 0.2) is 16.8 Å². The Morgan fingerprint density at radius 2 is 2.25 bits per heavy atom. The zero-order valence-corrected chi connectivity index (χ0v) is 9.32. The number of aromatic nitrogens is 3. The van der Waals surface area contributed by atoms with Crippen molar-refractivity contribution in [2.45, 2.75) is 13.5 Å². The van der Waals surface area contributed by atoms with Gasteiger partial charge in [0.25, 0.3) is 0 Å². The van der Waals surface area contributed by atoms with Crippen LogP contribution in [0, 0.1) is 6.92 Å². The van der Waals surface area contributed by atoms with Crippen LogP contribution in [-0.4, -0.2) is 15.0 Å². The molecule has 3 N–H and O–H groups in total. The van der Waals surface area contributed by atoms with Gasteiger partial charge in [0, 0.05) is 0 Å². The summed E-state index contributed by atoms with van der Waals surface area (Å²) in [5, 5.41) is 3.11. The number of halogens is 1. The van der Waals surface area contributed by atoms with Crippen molar-refractivity contribution in [1.82, 2.24) is 15.0 Å². The molecule has 7 heteroatoms. The van der Waals surface area contributed by atoms with Gasteiger partial charge in [-0.15, -0.1) is 0 Å². The summed E-state index contributed by atoms with van der Waals surface area (Å²) in [7, 11) is 0. The summed E-state index contributed by atoms with van der Waals surface area (Å²) in [5.74, 6) is 1.79. The number of anilines is 2. The fraction of sp³-hybridized carbons (Fsp3) is 0.222. The first-order valence-electron chi connectivity index (χ1n) is 4.58. The van der Waals surface area contributed by atoms with Crippen LogP contribution < -0.4 is 11.1 Å². The number of hydrogen-bond donors (Lipinski definition) is 2. The quantitative estimate of drug-likeness (QED) is 0.791. The van der Waals surface area contributed by atoms with Crippen LogP contribution in [0.2, 0.25) is 5.28 Å². The Balaban J connectivity index is 2.07. The molecule has 0 saturated heterocycles. The van der Waals surface area contributed by atoms with E-state index in [1.54, 1.807) is 6.20 Å². The molecular weight excluding hydrogens is 230 g/mol. The van der Waals surface area contributed by atoms with Crippen molar-refractivity contribution in [3.05, 3.63) is 29.3 Å². The Kier molecular flexibility index (Phi) is 2.91. The van der Waals surface area contributed by atoms with Gasteiger partial charge in [-0.3, -0.25) is 0 Å². The Hall–Kier alpha value is -1.82. The lowest BCUT2D eigenvalue weighted by atomic mass is 10.5. The first kappa shape index (κ1) is 10.7. The van der Waals surface area contributed by atoms with E-state index < -0.39 is 0 Å². The molecule has 0 aromatic carbocycles. The summed E-state index contributed by atoms with van der Waals surface area (Å²) in [6.45, 7) is 2.22. The molecule has 0 radical (unpaired) electrons. The molecule has 0 saturated carbocycles. The van der Waals surface area contributed by atoms with Gasteiger partial charge in [-0.2, -0.15) is 4.98 Å². The van der Waals surface area contributed by atoms with Crippen LogP contribution in [0.5, 0.6) is 0 Å². The predicted molar refractivity (Wildman–Crippen MR) is 60.0 cm³/mol. The van der Waals surface area contributed by atoms with E-state index in [1.165, 1.54) is 6.20 Å². The van der Waals surface area contributed by atoms with Crippen LogP contribution in [0.4, 0.5) is 11.5 Å². The highest BCUT2D eigenvalue weighted by Gasteiger charge is 2.05. The van der Waals surface area contributed by atoms with Gasteiger partial charge in [0.2, 0.25) is 11.2 Å². The second-order valence-corrected chi connectivity index (χ2v) is 3.50. The summed E-state index contributed by atoms with van der Waals surface area (Å²) >= 11 is 5.65. The minimum Gasteiger partial charge on any atom is -0.444 e. The molecular formula is C9H10ClN5O. The van der Waals surface area contributed by atoms with E-state index in [0.29, 0.717) is 23.9 Å². The lowest BCUT2D eigenvalue weighted by molar-refractivity contribution is 0.479. The van der Waals surface area contributed by atoms with Gasteiger partial charge in [-0.05, 0) is 18.5 Å². The number of oxazole rings is 1. The van der Waals surface area contributed by atoms with E-state index in [-0.39, 0.29) is 5.28 Å². The molecule has 0 aliphatic carbocycles. The number of aryl methyl sites for hydroxylation is 1. The summed E-state index contributed by atoms with van der Waals surface area (Å²) in [4.78, 5) is 11.7. The lowest BCUT2D eigenvalue weighted by Gasteiger charge is -2.05. The summed E-state index contributed by atoms with van der Waals surface area (Å²) in [6.07, 6.45) is 3.09. The van der Waals surface area contributed by atoms with Gasteiger partial charge in [0.05, 0.1) is 24.6 Å². The van der Waals surface area contributed by atoms with Crippen LogP contribution >= 0.6 is 11.6 Å². The third-order valence-electron chi connectivity index (χ3n) is 1.86. The first-order valence-corrected chi connectivity index (χ1v) is 4.96. The van der Waals surface area contributed by atoms with Crippen molar-refractivity contribution < 1.29 is 4.42 Å². The van der Waals surface area contributed by atoms with Crippen molar-refractivity contribution in [1.29, 1.82) is 0 Å². The lowest BCUT2D eigenvalue weighted by Crippen LogP contribution is -2.05. The van der Waals surface area contributed by atoms with Crippen molar-refractivity contribution in [3.63, 3.8) is 0 Å². The van der Waals surface area contributed by atoms with Crippen LogP contribution in [0.1, 0.15) is 11.7 Å². The smallest absolute Gasteiger partial charge is 0.224 e. The number of nitrogens with zero attached hydrogens (tertiary/aromatic N) is 3. The minimum atomic E-state index is 0.139. The number of nitrogens with two attached hydrogens (primary N) is 1. The highest BCUT2D eigenvalue weighted by molar-refractivity contribution is 6.28. The normalized spacial score (nSPS) is 10.4. The zero-order valence-electron chi connectivity index (χ0n) is 8.57. The Morgan fingerprint density at radius 1 is 1.44 bits per heavy atom. The van der Waals surface area contributed by atoms with E-state index in [9.17, 15) is 0 Å². The molecule has 0 fully saturated rings. The molecule has 2 heterocycles. The second-order valence-electron chi connectivity index (χ2n) is 3.16. The molecule has 0 spiro atoms. The fourth-order valence-electron chi connectivity index (χ4n) is 1.15. The second kappa shape index (κ2) is 4.36. The monoisotopic (exact) mass is 239 g/mol. The number of nitrogens with one attached hydrogen (secondary N) is 1. The van der Waals surface area contributed by atoms with Crippen LogP contribution in [0.3, 0.4) is 0 Å². The standard InChI is InChI=1S/C9H10ClN5O/c1-5-2-12-7(16-5)4-13-8-6(11)3-14-9(10)15-8/h2-3H,4,11H2,1H3,(H,13,14,15). The Morgan fingerprint density at radius 3 is 2.94 bits per heavy atom.